The van der Waals surface area contributed by atoms with Crippen molar-refractivity contribution in [2.75, 3.05) is 0 Å². The summed E-state index contributed by atoms with van der Waals surface area (Å²) in [5.41, 5.74) is -0.262. The first kappa shape index (κ1) is 12.7. The van der Waals surface area contributed by atoms with E-state index in [1.54, 1.807) is 0 Å². The zero-order valence-corrected chi connectivity index (χ0v) is 8.65. The fourth-order valence-corrected chi connectivity index (χ4v) is 0.619. The van der Waals surface area contributed by atoms with Gasteiger partial charge in [0, 0.05) is 6.07 Å². The molecule has 1 rings (SSSR count). The number of phenols is 1. The molecule has 14 heavy (non-hydrogen) atoms. The summed E-state index contributed by atoms with van der Waals surface area (Å²) in [4.78, 5) is 9.44. The van der Waals surface area contributed by atoms with Gasteiger partial charge in [-0.2, -0.15) is 0 Å². The van der Waals surface area contributed by atoms with Gasteiger partial charge in [-0.15, -0.1) is 0 Å². The summed E-state index contributed by atoms with van der Waals surface area (Å²) in [6.07, 6.45) is 0. The summed E-state index contributed by atoms with van der Waals surface area (Å²) in [6, 6.07) is 5.55. The Morgan fingerprint density at radius 3 is 2.00 bits per heavy atom. The van der Waals surface area contributed by atoms with Crippen molar-refractivity contribution < 1.29 is 22.0 Å². The van der Waals surface area contributed by atoms with Crippen LogP contribution in [0.1, 0.15) is 0 Å². The van der Waals surface area contributed by atoms with Crippen molar-refractivity contribution in [3.05, 3.63) is 34.4 Å². The van der Waals surface area contributed by atoms with Crippen LogP contribution in [0.25, 0.3) is 0 Å². The van der Waals surface area contributed by atoms with E-state index in [1.165, 1.54) is 24.3 Å². The maximum atomic E-state index is 10.1. The Labute approximate surface area is 83.6 Å². The smallest absolute Gasteiger partial charge is 0.310 e. The molecule has 0 aliphatic rings. The Balaban J connectivity index is 0.000000364. The average Bonchev–Trinajstić information content (AvgIpc) is 2.03. The van der Waals surface area contributed by atoms with Crippen molar-refractivity contribution >= 4 is 21.0 Å². The summed E-state index contributed by atoms with van der Waals surface area (Å²) in [5.74, 6) is -0.299. The van der Waals surface area contributed by atoms with Crippen molar-refractivity contribution in [3.8, 4) is 5.75 Å². The summed E-state index contributed by atoms with van der Waals surface area (Å²) in [7, 11) is 0. The fourth-order valence-electron chi connectivity index (χ4n) is 0.619. The van der Waals surface area contributed by atoms with E-state index in [-0.39, 0.29) is 11.4 Å². The van der Waals surface area contributed by atoms with E-state index >= 15 is 0 Å². The van der Waals surface area contributed by atoms with Crippen LogP contribution in [-0.2, 0) is 3.74 Å². The maximum absolute atomic E-state index is 10.1. The van der Waals surface area contributed by atoms with Gasteiger partial charge < -0.3 is 5.11 Å². The molecule has 0 bridgehead atoms. The van der Waals surface area contributed by atoms with E-state index in [1.807, 2.05) is 0 Å². The Bertz CT molecular complexity index is 337. The first-order chi connectivity index (χ1) is 6.45. The third-order valence-electron chi connectivity index (χ3n) is 1.08. The van der Waals surface area contributed by atoms with Crippen LogP contribution in [0.15, 0.2) is 24.3 Å². The van der Waals surface area contributed by atoms with E-state index in [2.05, 4.69) is 0 Å². The number of benzene rings is 1. The number of nitrogens with zero attached hydrogens (tertiary/aromatic N) is 1. The van der Waals surface area contributed by atoms with Gasteiger partial charge in [0.25, 0.3) is 0 Å². The van der Waals surface area contributed by atoms with E-state index in [0.717, 1.165) is 0 Å². The topological polar surface area (TPSA) is 121 Å². The average molecular weight is 264 g/mol. The van der Waals surface area contributed by atoms with E-state index in [0.29, 0.717) is 0 Å². The van der Waals surface area contributed by atoms with Gasteiger partial charge in [0.15, 0.2) is 5.75 Å². The van der Waals surface area contributed by atoms with Crippen molar-refractivity contribution in [1.82, 2.24) is 0 Å². The standard InChI is InChI=1S/C6H5NO3.AsH2O3/c8-6-4-2-1-3-5(6)7(9)10;2-1(3)4/h1-4,8H;(H2,2,3,4). The normalized spacial score (nSPS) is 8.43. The molecule has 3 N–H and O–H groups in total. The van der Waals surface area contributed by atoms with Crippen LogP contribution < -0.4 is 0 Å². The van der Waals surface area contributed by atoms with Crippen LogP contribution in [-0.4, -0.2) is 33.5 Å². The Morgan fingerprint density at radius 2 is 1.71 bits per heavy atom. The second-order valence-corrected chi connectivity index (χ2v) is 3.06. The van der Waals surface area contributed by atoms with Crippen molar-refractivity contribution in [2.24, 2.45) is 0 Å². The number of phenolic OH excluding ortho intramolecular Hbond substituents is 1. The molecule has 0 heterocycles. The van der Waals surface area contributed by atoms with E-state index in [4.69, 9.17) is 17.0 Å². The number of rotatable bonds is 1. The number of nitro benzene ring substituents is 1. The number of nitro groups is 1. The van der Waals surface area contributed by atoms with Gasteiger partial charge in [-0.25, -0.2) is 0 Å². The minimum atomic E-state index is -3.44. The van der Waals surface area contributed by atoms with Gasteiger partial charge in [-0.3, -0.25) is 10.1 Å². The minimum Gasteiger partial charge on any atom is -0.502 e. The molecule has 0 atom stereocenters. The number of aromatic hydroxyl groups is 1. The molecule has 0 fully saturated rings. The second-order valence-electron chi connectivity index (χ2n) is 2.00. The molecule has 1 aromatic rings. The van der Waals surface area contributed by atoms with Crippen LogP contribution in [0.2, 0.25) is 0 Å². The van der Waals surface area contributed by atoms with Gasteiger partial charge in [0.2, 0.25) is 0 Å². The zero-order valence-electron chi connectivity index (χ0n) is 6.77. The number of hydrogen-bond donors (Lipinski definition) is 3. The minimum absolute atomic E-state index is 0.262. The summed E-state index contributed by atoms with van der Waals surface area (Å²) < 4.78 is 23.2. The molecular weight excluding hydrogens is 257 g/mol. The number of hydrogen-bond acceptors (Lipinski definition) is 4. The Hall–Kier alpha value is -1.30. The molecule has 0 saturated carbocycles. The third kappa shape index (κ3) is 5.36. The monoisotopic (exact) mass is 264 g/mol. The Morgan fingerprint density at radius 1 is 1.29 bits per heavy atom. The quantitative estimate of drug-likeness (QED) is 0.363. The fraction of sp³-hybridized carbons (Fsp3) is 0. The maximum Gasteiger partial charge on any atom is 0.310 e. The van der Waals surface area contributed by atoms with Crippen molar-refractivity contribution in [1.29, 1.82) is 0 Å². The Kier molecular flexibility index (Phi) is 5.62. The SMILES string of the molecule is O=[As](O)O.O=[N+]([O-])c1ccccc1O. The molecule has 1 aromatic carbocycles. The van der Waals surface area contributed by atoms with Gasteiger partial charge in [-0.1, -0.05) is 12.1 Å². The third-order valence-corrected chi connectivity index (χ3v) is 1.08. The molecule has 1 radical (unpaired) electrons. The molecule has 0 aliphatic heterocycles. The summed E-state index contributed by atoms with van der Waals surface area (Å²) >= 11 is -3.44. The van der Waals surface area contributed by atoms with E-state index < -0.39 is 20.2 Å². The van der Waals surface area contributed by atoms with Crippen LogP contribution in [0, 0.1) is 10.1 Å². The predicted molar refractivity (Wildman–Crippen MR) is 45.6 cm³/mol. The molecule has 8 heteroatoms. The van der Waals surface area contributed by atoms with Crippen molar-refractivity contribution in [3.63, 3.8) is 0 Å². The predicted octanol–water partition coefficient (Wildman–Crippen LogP) is -0.313. The first-order valence-electron chi connectivity index (χ1n) is 3.22. The van der Waals surface area contributed by atoms with Crippen LogP contribution in [0.5, 0.6) is 5.75 Å². The molecule has 77 valence electrons. The first-order valence-corrected chi connectivity index (χ1v) is 5.67. The molecule has 7 nitrogen and oxygen atoms in total. The summed E-state index contributed by atoms with van der Waals surface area (Å²) in [6.45, 7) is 0. The molecule has 0 aromatic heterocycles. The molecule has 0 spiro atoms. The zero-order chi connectivity index (χ0) is 11.1. The van der Waals surface area contributed by atoms with Crippen LogP contribution >= 0.6 is 0 Å². The molecule has 0 saturated heterocycles. The van der Waals surface area contributed by atoms with Crippen LogP contribution in [0.3, 0.4) is 0 Å². The molecular formula is C6H7AsNO6. The molecule has 0 aliphatic carbocycles. The van der Waals surface area contributed by atoms with Crippen molar-refractivity contribution in [2.45, 2.75) is 0 Å². The van der Waals surface area contributed by atoms with Gasteiger partial charge in [-0.05, 0) is 6.07 Å². The summed E-state index contributed by atoms with van der Waals surface area (Å²) in [5, 5.41) is 18.9. The van der Waals surface area contributed by atoms with Gasteiger partial charge >= 0.3 is 32.9 Å². The van der Waals surface area contributed by atoms with Gasteiger partial charge in [0.1, 0.15) is 0 Å². The van der Waals surface area contributed by atoms with Gasteiger partial charge in [0.05, 0.1) is 4.92 Å². The largest absolute Gasteiger partial charge is 0.502 e. The number of para-hydroxylation sites is 2. The van der Waals surface area contributed by atoms with E-state index in [9.17, 15) is 10.1 Å². The van der Waals surface area contributed by atoms with Crippen LogP contribution in [0.4, 0.5) is 5.69 Å². The second kappa shape index (κ2) is 6.20. The molecule has 0 unspecified atom stereocenters. The molecule has 0 amide bonds.